The Morgan fingerprint density at radius 1 is 0.857 bits per heavy atom. The van der Waals surface area contributed by atoms with E-state index in [-0.39, 0.29) is 25.2 Å². The van der Waals surface area contributed by atoms with Gasteiger partial charge in [-0.25, -0.2) is 14.0 Å². The number of benzene rings is 3. The SMILES string of the molecule is O=C(ON1C[C@@H](F)[C@H](NC(=O)N2CC(c3ccccc3)=C[C@H]2c2ccccc2)C1)c1ccccc1. The third-order valence-electron chi connectivity index (χ3n) is 6.33. The Bertz CT molecular complexity index is 1200. The summed E-state index contributed by atoms with van der Waals surface area (Å²) >= 11 is 0. The zero-order valence-electron chi connectivity index (χ0n) is 19.1. The van der Waals surface area contributed by atoms with E-state index in [1.54, 1.807) is 35.2 Å². The summed E-state index contributed by atoms with van der Waals surface area (Å²) < 4.78 is 14.8. The molecule has 0 aliphatic carbocycles. The molecule has 3 aromatic carbocycles. The van der Waals surface area contributed by atoms with Crippen molar-refractivity contribution >= 4 is 17.6 Å². The number of nitrogens with one attached hydrogen (secondary N) is 1. The fraction of sp³-hybridized carbons (Fsp3) is 0.214. The van der Waals surface area contributed by atoms with Crippen molar-refractivity contribution in [2.45, 2.75) is 18.3 Å². The van der Waals surface area contributed by atoms with Crippen LogP contribution < -0.4 is 5.32 Å². The van der Waals surface area contributed by atoms with Crippen LogP contribution in [-0.2, 0) is 4.84 Å². The Labute approximate surface area is 203 Å². The molecule has 0 spiro atoms. The summed E-state index contributed by atoms with van der Waals surface area (Å²) in [6, 6.07) is 26.8. The Kier molecular flexibility index (Phi) is 6.59. The highest BCUT2D eigenvalue weighted by Gasteiger charge is 2.39. The van der Waals surface area contributed by atoms with Crippen molar-refractivity contribution in [2.24, 2.45) is 0 Å². The van der Waals surface area contributed by atoms with Gasteiger partial charge in [0.25, 0.3) is 0 Å². The molecule has 2 heterocycles. The first-order valence-electron chi connectivity index (χ1n) is 11.6. The lowest BCUT2D eigenvalue weighted by atomic mass is 10.0. The molecule has 2 amide bonds. The average molecular weight is 472 g/mol. The lowest BCUT2D eigenvalue weighted by Crippen LogP contribution is -2.48. The average Bonchev–Trinajstić information content (AvgIpc) is 3.49. The molecule has 7 heteroatoms. The van der Waals surface area contributed by atoms with Crippen molar-refractivity contribution in [1.82, 2.24) is 15.3 Å². The Balaban J connectivity index is 1.27. The lowest BCUT2D eigenvalue weighted by molar-refractivity contribution is -0.0964. The molecule has 5 rings (SSSR count). The van der Waals surface area contributed by atoms with Gasteiger partial charge in [-0.3, -0.25) is 0 Å². The van der Waals surface area contributed by atoms with Crippen LogP contribution in [0.25, 0.3) is 5.57 Å². The molecule has 0 saturated carbocycles. The van der Waals surface area contributed by atoms with Crippen LogP contribution in [-0.4, -0.2) is 53.8 Å². The first-order chi connectivity index (χ1) is 17.1. The molecule has 178 valence electrons. The molecule has 1 fully saturated rings. The van der Waals surface area contributed by atoms with Gasteiger partial charge in [0, 0.05) is 6.54 Å². The summed E-state index contributed by atoms with van der Waals surface area (Å²) in [7, 11) is 0. The van der Waals surface area contributed by atoms with E-state index in [9.17, 15) is 14.0 Å². The summed E-state index contributed by atoms with van der Waals surface area (Å²) in [4.78, 5) is 32.7. The quantitative estimate of drug-likeness (QED) is 0.590. The van der Waals surface area contributed by atoms with Crippen LogP contribution >= 0.6 is 0 Å². The number of halogens is 1. The highest BCUT2D eigenvalue weighted by atomic mass is 19.1. The summed E-state index contributed by atoms with van der Waals surface area (Å²) in [6.07, 6.45) is 0.724. The van der Waals surface area contributed by atoms with Crippen LogP contribution in [0.15, 0.2) is 97.1 Å². The summed E-state index contributed by atoms with van der Waals surface area (Å²) in [5, 5.41) is 4.11. The first kappa shape index (κ1) is 22.8. The van der Waals surface area contributed by atoms with Gasteiger partial charge in [0.1, 0.15) is 6.17 Å². The van der Waals surface area contributed by atoms with Crippen molar-refractivity contribution in [3.05, 3.63) is 114 Å². The molecule has 3 atom stereocenters. The maximum Gasteiger partial charge on any atom is 0.357 e. The minimum atomic E-state index is -1.36. The standard InChI is InChI=1S/C28H26FN3O3/c29-24-18-31(35-27(33)22-14-8-3-9-15-22)19-25(24)30-28(34)32-17-23(20-10-4-1-5-11-20)16-26(32)21-12-6-2-7-13-21/h1-16,24-26H,17-19H2,(H,30,34)/t24-,25-,26+/m1/s1. The van der Waals surface area contributed by atoms with Crippen LogP contribution in [0.4, 0.5) is 9.18 Å². The van der Waals surface area contributed by atoms with Gasteiger partial charge in [0.2, 0.25) is 0 Å². The van der Waals surface area contributed by atoms with E-state index in [1.807, 2.05) is 60.7 Å². The molecule has 0 radical (unpaired) electrons. The number of hydrogen-bond donors (Lipinski definition) is 1. The molecule has 0 bridgehead atoms. The van der Waals surface area contributed by atoms with Gasteiger partial charge in [0.15, 0.2) is 0 Å². The third kappa shape index (κ3) is 5.10. The number of rotatable bonds is 5. The largest absolute Gasteiger partial charge is 0.364 e. The zero-order valence-corrected chi connectivity index (χ0v) is 19.1. The summed E-state index contributed by atoms with van der Waals surface area (Å²) in [5.41, 5.74) is 3.45. The third-order valence-corrected chi connectivity index (χ3v) is 6.33. The topological polar surface area (TPSA) is 61.9 Å². The number of amides is 2. The number of urea groups is 1. The van der Waals surface area contributed by atoms with Crippen molar-refractivity contribution in [3.63, 3.8) is 0 Å². The highest BCUT2D eigenvalue weighted by Crippen LogP contribution is 2.34. The molecular formula is C28H26FN3O3. The molecule has 2 aliphatic heterocycles. The lowest BCUT2D eigenvalue weighted by Gasteiger charge is -2.27. The van der Waals surface area contributed by atoms with Crippen molar-refractivity contribution in [3.8, 4) is 0 Å². The maximum atomic E-state index is 14.8. The maximum absolute atomic E-state index is 14.8. The van der Waals surface area contributed by atoms with Crippen LogP contribution in [0, 0.1) is 0 Å². The fourth-order valence-corrected chi connectivity index (χ4v) is 4.51. The Hall–Kier alpha value is -3.97. The van der Waals surface area contributed by atoms with E-state index >= 15 is 0 Å². The minimum absolute atomic E-state index is 0.0777. The molecule has 1 N–H and O–H groups in total. The van der Waals surface area contributed by atoms with Crippen molar-refractivity contribution in [1.29, 1.82) is 0 Å². The summed E-state index contributed by atoms with van der Waals surface area (Å²) in [5.74, 6) is -0.551. The zero-order chi connectivity index (χ0) is 24.2. The van der Waals surface area contributed by atoms with Gasteiger partial charge in [-0.2, -0.15) is 0 Å². The van der Waals surface area contributed by atoms with Crippen molar-refractivity contribution < 1.29 is 18.8 Å². The van der Waals surface area contributed by atoms with Gasteiger partial charge in [-0.05, 0) is 28.8 Å². The number of carbonyl (C=O) groups excluding carboxylic acids is 2. The van der Waals surface area contributed by atoms with Gasteiger partial charge >= 0.3 is 12.0 Å². The number of carbonyl (C=O) groups is 2. The fourth-order valence-electron chi connectivity index (χ4n) is 4.51. The second-order valence-electron chi connectivity index (χ2n) is 8.71. The first-order valence-corrected chi connectivity index (χ1v) is 11.6. The minimum Gasteiger partial charge on any atom is -0.364 e. The van der Waals surface area contributed by atoms with E-state index in [0.717, 1.165) is 16.7 Å². The van der Waals surface area contributed by atoms with Crippen LogP contribution in [0.2, 0.25) is 0 Å². The molecule has 1 saturated heterocycles. The van der Waals surface area contributed by atoms with E-state index in [1.165, 1.54) is 5.06 Å². The Morgan fingerprint density at radius 3 is 2.17 bits per heavy atom. The van der Waals surface area contributed by atoms with Crippen LogP contribution in [0.1, 0.15) is 27.5 Å². The predicted molar refractivity (Wildman–Crippen MR) is 131 cm³/mol. The molecule has 0 unspecified atom stereocenters. The molecule has 6 nitrogen and oxygen atoms in total. The molecule has 2 aliphatic rings. The number of nitrogens with zero attached hydrogens (tertiary/aromatic N) is 2. The highest BCUT2D eigenvalue weighted by molar-refractivity contribution is 5.89. The van der Waals surface area contributed by atoms with Crippen LogP contribution in [0.5, 0.6) is 0 Å². The van der Waals surface area contributed by atoms with Gasteiger partial charge < -0.3 is 15.1 Å². The van der Waals surface area contributed by atoms with Crippen molar-refractivity contribution in [2.75, 3.05) is 19.6 Å². The van der Waals surface area contributed by atoms with Crippen LogP contribution in [0.3, 0.4) is 0 Å². The van der Waals surface area contributed by atoms with E-state index in [4.69, 9.17) is 4.84 Å². The molecular weight excluding hydrogens is 445 g/mol. The molecule has 3 aromatic rings. The molecule has 0 aromatic heterocycles. The predicted octanol–water partition coefficient (Wildman–Crippen LogP) is 4.63. The monoisotopic (exact) mass is 471 g/mol. The normalized spacial score (nSPS) is 22.0. The van der Waals surface area contributed by atoms with E-state index in [0.29, 0.717) is 12.1 Å². The molecule has 35 heavy (non-hydrogen) atoms. The second-order valence-corrected chi connectivity index (χ2v) is 8.71. The van der Waals surface area contributed by atoms with Gasteiger partial charge in [-0.1, -0.05) is 84.9 Å². The Morgan fingerprint density at radius 2 is 1.49 bits per heavy atom. The van der Waals surface area contributed by atoms with E-state index < -0.39 is 18.2 Å². The van der Waals surface area contributed by atoms with Gasteiger partial charge in [-0.15, -0.1) is 5.06 Å². The van der Waals surface area contributed by atoms with E-state index in [2.05, 4.69) is 11.4 Å². The smallest absolute Gasteiger partial charge is 0.357 e. The summed E-state index contributed by atoms with van der Waals surface area (Å²) in [6.45, 7) is 0.388. The number of hydrogen-bond acceptors (Lipinski definition) is 4. The number of hydroxylamine groups is 2. The van der Waals surface area contributed by atoms with Gasteiger partial charge in [0.05, 0.1) is 30.7 Å². The number of alkyl halides is 1. The second kappa shape index (κ2) is 10.1.